The SMILES string of the molecule is NCCc1nccn1O. The summed E-state index contributed by atoms with van der Waals surface area (Å²) in [7, 11) is 0. The van der Waals surface area contributed by atoms with Crippen LogP contribution in [0.3, 0.4) is 0 Å². The second-order valence-corrected chi connectivity index (χ2v) is 1.73. The zero-order chi connectivity index (χ0) is 6.69. The van der Waals surface area contributed by atoms with Gasteiger partial charge in [-0.15, -0.1) is 0 Å². The Bertz CT molecular complexity index is 184. The van der Waals surface area contributed by atoms with Crippen LogP contribution in [0, 0.1) is 0 Å². The molecule has 0 saturated heterocycles. The van der Waals surface area contributed by atoms with Gasteiger partial charge in [0.2, 0.25) is 0 Å². The first-order valence-electron chi connectivity index (χ1n) is 2.76. The summed E-state index contributed by atoms with van der Waals surface area (Å²) in [4.78, 5) is 3.84. The Balaban J connectivity index is 2.69. The molecule has 0 unspecified atom stereocenters. The zero-order valence-electron chi connectivity index (χ0n) is 4.99. The van der Waals surface area contributed by atoms with Crippen molar-refractivity contribution in [2.75, 3.05) is 6.54 Å². The predicted molar refractivity (Wildman–Crippen MR) is 32.2 cm³/mol. The van der Waals surface area contributed by atoms with Crippen LogP contribution in [0.25, 0.3) is 0 Å². The fraction of sp³-hybridized carbons (Fsp3) is 0.400. The van der Waals surface area contributed by atoms with Gasteiger partial charge in [0, 0.05) is 12.6 Å². The number of aromatic nitrogens is 2. The van der Waals surface area contributed by atoms with Crippen LogP contribution < -0.4 is 5.73 Å². The summed E-state index contributed by atoms with van der Waals surface area (Å²) >= 11 is 0. The van der Waals surface area contributed by atoms with Crippen molar-refractivity contribution < 1.29 is 5.21 Å². The van der Waals surface area contributed by atoms with Crippen LogP contribution in [-0.4, -0.2) is 21.5 Å². The van der Waals surface area contributed by atoms with Gasteiger partial charge in [0.1, 0.15) is 5.82 Å². The smallest absolute Gasteiger partial charge is 0.145 e. The van der Waals surface area contributed by atoms with Gasteiger partial charge in [0.25, 0.3) is 0 Å². The first-order chi connectivity index (χ1) is 4.34. The van der Waals surface area contributed by atoms with E-state index >= 15 is 0 Å². The van der Waals surface area contributed by atoms with E-state index in [1.165, 1.54) is 12.4 Å². The van der Waals surface area contributed by atoms with Crippen molar-refractivity contribution in [2.24, 2.45) is 5.73 Å². The molecule has 0 amide bonds. The van der Waals surface area contributed by atoms with Gasteiger partial charge in [0.05, 0.1) is 6.20 Å². The van der Waals surface area contributed by atoms with Crippen LogP contribution in [0.5, 0.6) is 0 Å². The third-order valence-corrected chi connectivity index (χ3v) is 1.06. The molecule has 1 aromatic rings. The standard InChI is InChI=1S/C5H9N3O/c6-2-1-5-7-3-4-8(5)9/h3-4,9H,1-2,6H2. The molecule has 1 heterocycles. The Morgan fingerprint density at radius 1 is 1.78 bits per heavy atom. The average molecular weight is 127 g/mol. The average Bonchev–Trinajstić information content (AvgIpc) is 2.18. The van der Waals surface area contributed by atoms with E-state index in [0.717, 1.165) is 4.73 Å². The van der Waals surface area contributed by atoms with E-state index in [2.05, 4.69) is 4.98 Å². The highest BCUT2D eigenvalue weighted by atomic mass is 16.5. The topological polar surface area (TPSA) is 64.1 Å². The lowest BCUT2D eigenvalue weighted by atomic mass is 10.4. The van der Waals surface area contributed by atoms with E-state index in [9.17, 15) is 0 Å². The van der Waals surface area contributed by atoms with Crippen LogP contribution in [0.15, 0.2) is 12.4 Å². The first kappa shape index (κ1) is 6.10. The van der Waals surface area contributed by atoms with E-state index in [0.29, 0.717) is 18.8 Å². The van der Waals surface area contributed by atoms with Crippen LogP contribution in [0.4, 0.5) is 0 Å². The molecule has 3 N–H and O–H groups in total. The fourth-order valence-corrected chi connectivity index (χ4v) is 0.636. The van der Waals surface area contributed by atoms with Crippen molar-refractivity contribution in [1.29, 1.82) is 0 Å². The lowest BCUT2D eigenvalue weighted by molar-refractivity contribution is 0.176. The van der Waals surface area contributed by atoms with Gasteiger partial charge >= 0.3 is 0 Å². The van der Waals surface area contributed by atoms with Gasteiger partial charge in [-0.3, -0.25) is 0 Å². The Hall–Kier alpha value is -1.03. The van der Waals surface area contributed by atoms with Gasteiger partial charge in [0.15, 0.2) is 0 Å². The predicted octanol–water partition coefficient (Wildman–Crippen LogP) is -0.378. The summed E-state index contributed by atoms with van der Waals surface area (Å²) in [5.74, 6) is 0.609. The van der Waals surface area contributed by atoms with Crippen LogP contribution >= 0.6 is 0 Å². The third-order valence-electron chi connectivity index (χ3n) is 1.06. The maximum absolute atomic E-state index is 8.88. The molecule has 0 bridgehead atoms. The molecule has 0 aliphatic carbocycles. The van der Waals surface area contributed by atoms with E-state index in [4.69, 9.17) is 10.9 Å². The molecule has 0 atom stereocenters. The Kier molecular flexibility index (Phi) is 1.69. The molecule has 50 valence electrons. The zero-order valence-corrected chi connectivity index (χ0v) is 4.99. The Morgan fingerprint density at radius 2 is 2.56 bits per heavy atom. The summed E-state index contributed by atoms with van der Waals surface area (Å²) in [5.41, 5.74) is 5.22. The number of imidazole rings is 1. The number of rotatable bonds is 2. The summed E-state index contributed by atoms with van der Waals surface area (Å²) in [5, 5.41) is 8.88. The quantitative estimate of drug-likeness (QED) is 0.532. The minimum Gasteiger partial charge on any atom is -0.427 e. The number of nitrogens with two attached hydrogens (primary N) is 1. The lowest BCUT2D eigenvalue weighted by Crippen LogP contribution is -2.07. The number of hydrogen-bond donors (Lipinski definition) is 2. The molecule has 4 heteroatoms. The minimum atomic E-state index is 0.511. The number of nitrogens with zero attached hydrogens (tertiary/aromatic N) is 2. The van der Waals surface area contributed by atoms with Crippen LogP contribution in [0.2, 0.25) is 0 Å². The Morgan fingerprint density at radius 3 is 3.00 bits per heavy atom. The maximum Gasteiger partial charge on any atom is 0.145 e. The largest absolute Gasteiger partial charge is 0.427 e. The molecular weight excluding hydrogens is 118 g/mol. The molecule has 1 rings (SSSR count). The van der Waals surface area contributed by atoms with Crippen molar-refractivity contribution >= 4 is 0 Å². The van der Waals surface area contributed by atoms with Gasteiger partial charge in [-0.1, -0.05) is 0 Å². The molecule has 0 saturated carbocycles. The molecule has 0 aliphatic rings. The van der Waals surface area contributed by atoms with E-state index in [1.54, 1.807) is 0 Å². The van der Waals surface area contributed by atoms with Crippen molar-refractivity contribution in [2.45, 2.75) is 6.42 Å². The third kappa shape index (κ3) is 1.20. The lowest BCUT2D eigenvalue weighted by Gasteiger charge is -1.94. The molecular formula is C5H9N3O. The molecule has 0 aromatic carbocycles. The monoisotopic (exact) mass is 127 g/mol. The normalized spacial score (nSPS) is 9.89. The summed E-state index contributed by atoms with van der Waals surface area (Å²) in [6, 6.07) is 0. The molecule has 0 radical (unpaired) electrons. The summed E-state index contributed by atoms with van der Waals surface area (Å²) in [6.07, 6.45) is 3.62. The maximum atomic E-state index is 8.88. The first-order valence-corrected chi connectivity index (χ1v) is 2.76. The van der Waals surface area contributed by atoms with Gasteiger partial charge in [-0.25, -0.2) is 4.98 Å². The van der Waals surface area contributed by atoms with E-state index in [-0.39, 0.29) is 0 Å². The van der Waals surface area contributed by atoms with Crippen molar-refractivity contribution in [1.82, 2.24) is 9.71 Å². The fourth-order valence-electron chi connectivity index (χ4n) is 0.636. The Labute approximate surface area is 52.9 Å². The second kappa shape index (κ2) is 2.50. The summed E-state index contributed by atoms with van der Waals surface area (Å²) in [6.45, 7) is 0.511. The molecule has 9 heavy (non-hydrogen) atoms. The molecule has 4 nitrogen and oxygen atoms in total. The van der Waals surface area contributed by atoms with E-state index < -0.39 is 0 Å². The minimum absolute atomic E-state index is 0.511. The van der Waals surface area contributed by atoms with Crippen LogP contribution in [0.1, 0.15) is 5.82 Å². The van der Waals surface area contributed by atoms with Gasteiger partial charge in [-0.2, -0.15) is 4.73 Å². The van der Waals surface area contributed by atoms with Gasteiger partial charge in [-0.05, 0) is 6.54 Å². The second-order valence-electron chi connectivity index (χ2n) is 1.73. The number of hydrogen-bond acceptors (Lipinski definition) is 3. The molecule has 0 spiro atoms. The molecule has 0 aliphatic heterocycles. The highest BCUT2D eigenvalue weighted by Crippen LogP contribution is 1.91. The van der Waals surface area contributed by atoms with Crippen molar-refractivity contribution in [3.05, 3.63) is 18.2 Å². The summed E-state index contributed by atoms with van der Waals surface area (Å²) < 4.78 is 0.979. The molecule has 1 aromatic heterocycles. The van der Waals surface area contributed by atoms with Crippen molar-refractivity contribution in [3.8, 4) is 0 Å². The van der Waals surface area contributed by atoms with Gasteiger partial charge < -0.3 is 10.9 Å². The highest BCUT2D eigenvalue weighted by molar-refractivity contribution is 4.89. The van der Waals surface area contributed by atoms with Crippen LogP contribution in [-0.2, 0) is 6.42 Å². The van der Waals surface area contributed by atoms with E-state index in [1.807, 2.05) is 0 Å². The van der Waals surface area contributed by atoms with Crippen molar-refractivity contribution in [3.63, 3.8) is 0 Å². The highest BCUT2D eigenvalue weighted by Gasteiger charge is 1.96. The molecule has 0 fully saturated rings.